The second kappa shape index (κ2) is 6.03. The molecule has 2 heterocycles. The monoisotopic (exact) mass is 289 g/mol. The summed E-state index contributed by atoms with van der Waals surface area (Å²) >= 11 is 0. The lowest BCUT2D eigenvalue weighted by molar-refractivity contribution is -0.0394. The van der Waals surface area contributed by atoms with Gasteiger partial charge in [-0.3, -0.25) is 9.69 Å². The van der Waals surface area contributed by atoms with Crippen molar-refractivity contribution in [1.82, 2.24) is 9.80 Å². The van der Waals surface area contributed by atoms with Crippen LogP contribution in [0, 0.1) is 0 Å². The van der Waals surface area contributed by atoms with E-state index in [1.807, 2.05) is 48.2 Å². The maximum absolute atomic E-state index is 12.6. The number of benzene rings is 1. The molecule has 1 aromatic rings. The molecule has 2 saturated heterocycles. The van der Waals surface area contributed by atoms with Crippen LogP contribution < -0.4 is 4.90 Å². The lowest BCUT2D eigenvalue weighted by Gasteiger charge is -2.43. The summed E-state index contributed by atoms with van der Waals surface area (Å²) in [6, 6.07) is 8.18. The van der Waals surface area contributed by atoms with Gasteiger partial charge in [0.2, 0.25) is 0 Å². The molecule has 114 valence electrons. The van der Waals surface area contributed by atoms with Crippen molar-refractivity contribution in [3.63, 3.8) is 0 Å². The molecule has 5 nitrogen and oxygen atoms in total. The van der Waals surface area contributed by atoms with E-state index in [0.29, 0.717) is 6.04 Å². The van der Waals surface area contributed by atoms with Gasteiger partial charge in [0.15, 0.2) is 0 Å². The summed E-state index contributed by atoms with van der Waals surface area (Å²) in [7, 11) is 4.00. The number of fused-ring (bicyclic) bond motifs is 1. The Hall–Kier alpha value is -1.59. The summed E-state index contributed by atoms with van der Waals surface area (Å²) in [4.78, 5) is 19.0. The molecule has 1 atom stereocenters. The normalized spacial score (nSPS) is 22.8. The first-order chi connectivity index (χ1) is 10.1. The molecule has 0 unspecified atom stereocenters. The smallest absolute Gasteiger partial charge is 0.253 e. The molecule has 2 fully saturated rings. The van der Waals surface area contributed by atoms with Crippen molar-refractivity contribution in [3.8, 4) is 0 Å². The zero-order chi connectivity index (χ0) is 14.8. The molecule has 0 N–H and O–H groups in total. The fourth-order valence-corrected chi connectivity index (χ4v) is 3.02. The number of nitrogens with zero attached hydrogens (tertiary/aromatic N) is 3. The van der Waals surface area contributed by atoms with Gasteiger partial charge in [0.1, 0.15) is 0 Å². The van der Waals surface area contributed by atoms with Gasteiger partial charge in [-0.1, -0.05) is 0 Å². The van der Waals surface area contributed by atoms with E-state index in [1.54, 1.807) is 0 Å². The van der Waals surface area contributed by atoms with Crippen LogP contribution >= 0.6 is 0 Å². The summed E-state index contributed by atoms with van der Waals surface area (Å²) in [5, 5.41) is 0. The minimum atomic E-state index is 0.130. The number of carbonyl (C=O) groups is 1. The zero-order valence-electron chi connectivity index (χ0n) is 12.8. The molecule has 21 heavy (non-hydrogen) atoms. The predicted octanol–water partition coefficient (Wildman–Crippen LogP) is 0.909. The fraction of sp³-hybridized carbons (Fsp3) is 0.562. The lowest BCUT2D eigenvalue weighted by Crippen LogP contribution is -2.59. The number of hydrogen-bond acceptors (Lipinski definition) is 4. The van der Waals surface area contributed by atoms with Crippen LogP contribution in [0.15, 0.2) is 24.3 Å². The van der Waals surface area contributed by atoms with Crippen molar-refractivity contribution in [1.29, 1.82) is 0 Å². The number of amides is 1. The highest BCUT2D eigenvalue weighted by Crippen LogP contribution is 2.18. The van der Waals surface area contributed by atoms with Gasteiger partial charge in [-0.25, -0.2) is 0 Å². The Morgan fingerprint density at radius 1 is 1.19 bits per heavy atom. The molecule has 3 rings (SSSR count). The molecule has 0 spiro atoms. The molecule has 5 heteroatoms. The van der Waals surface area contributed by atoms with Crippen molar-refractivity contribution in [2.24, 2.45) is 0 Å². The number of carbonyl (C=O) groups excluding carboxylic acids is 1. The van der Waals surface area contributed by atoms with Gasteiger partial charge in [-0.05, 0) is 24.3 Å². The van der Waals surface area contributed by atoms with E-state index in [9.17, 15) is 4.79 Å². The van der Waals surface area contributed by atoms with Gasteiger partial charge < -0.3 is 14.5 Å². The highest BCUT2D eigenvalue weighted by Gasteiger charge is 2.31. The standard InChI is InChI=1S/C16H23N3O2/c1-17(2)14-5-3-13(4-6-14)16(20)19-8-7-18-9-10-21-12-15(18)11-19/h3-6,15H,7-12H2,1-2H3/t15-/m1/s1. The van der Waals surface area contributed by atoms with Gasteiger partial charge in [-0.15, -0.1) is 0 Å². The molecule has 2 aliphatic rings. The average Bonchev–Trinajstić information content (AvgIpc) is 2.54. The van der Waals surface area contributed by atoms with Gasteiger partial charge in [0.25, 0.3) is 5.91 Å². The first-order valence-electron chi connectivity index (χ1n) is 7.53. The Kier molecular flexibility index (Phi) is 4.12. The molecule has 0 saturated carbocycles. The highest BCUT2D eigenvalue weighted by atomic mass is 16.5. The summed E-state index contributed by atoms with van der Waals surface area (Å²) in [5.74, 6) is 0.130. The van der Waals surface area contributed by atoms with Crippen molar-refractivity contribution in [2.45, 2.75) is 6.04 Å². The van der Waals surface area contributed by atoms with E-state index in [2.05, 4.69) is 4.90 Å². The van der Waals surface area contributed by atoms with Gasteiger partial charge >= 0.3 is 0 Å². The highest BCUT2D eigenvalue weighted by molar-refractivity contribution is 5.94. The van der Waals surface area contributed by atoms with E-state index in [-0.39, 0.29) is 5.91 Å². The maximum Gasteiger partial charge on any atom is 0.253 e. The SMILES string of the molecule is CN(C)c1ccc(C(=O)N2CCN3CCOC[C@H]3C2)cc1. The minimum absolute atomic E-state index is 0.130. The Balaban J connectivity index is 1.67. The zero-order valence-corrected chi connectivity index (χ0v) is 12.8. The molecule has 0 bridgehead atoms. The van der Waals surface area contributed by atoms with Crippen molar-refractivity contribution in [3.05, 3.63) is 29.8 Å². The second-order valence-corrected chi connectivity index (χ2v) is 5.96. The van der Waals surface area contributed by atoms with E-state index in [1.165, 1.54) is 0 Å². The van der Waals surface area contributed by atoms with Gasteiger partial charge in [0.05, 0.1) is 19.3 Å². The van der Waals surface area contributed by atoms with Crippen molar-refractivity contribution < 1.29 is 9.53 Å². The first-order valence-corrected chi connectivity index (χ1v) is 7.53. The molecule has 1 amide bonds. The molecule has 0 aromatic heterocycles. The average molecular weight is 289 g/mol. The third-order valence-corrected chi connectivity index (χ3v) is 4.36. The Bertz CT molecular complexity index is 501. The van der Waals surface area contributed by atoms with Crippen LogP contribution in [-0.4, -0.2) is 75.2 Å². The third-order valence-electron chi connectivity index (χ3n) is 4.36. The number of ether oxygens (including phenoxy) is 1. The van der Waals surface area contributed by atoms with Gasteiger partial charge in [-0.2, -0.15) is 0 Å². The summed E-state index contributed by atoms with van der Waals surface area (Å²) in [6.45, 7) is 5.08. The summed E-state index contributed by atoms with van der Waals surface area (Å²) < 4.78 is 5.53. The first kappa shape index (κ1) is 14.4. The quantitative estimate of drug-likeness (QED) is 0.811. The van der Waals surface area contributed by atoms with Crippen molar-refractivity contribution >= 4 is 11.6 Å². The third kappa shape index (κ3) is 3.04. The van der Waals surface area contributed by atoms with Crippen LogP contribution in [0.1, 0.15) is 10.4 Å². The Morgan fingerprint density at radius 3 is 2.67 bits per heavy atom. The fourth-order valence-electron chi connectivity index (χ4n) is 3.02. The number of piperazine rings is 1. The predicted molar refractivity (Wildman–Crippen MR) is 82.9 cm³/mol. The molecular weight excluding hydrogens is 266 g/mol. The van der Waals surface area contributed by atoms with Crippen LogP contribution in [0.2, 0.25) is 0 Å². The number of rotatable bonds is 2. The van der Waals surface area contributed by atoms with Crippen LogP contribution in [0.5, 0.6) is 0 Å². The van der Waals surface area contributed by atoms with Crippen molar-refractivity contribution in [2.75, 3.05) is 58.4 Å². The Labute approximate surface area is 126 Å². The van der Waals surface area contributed by atoms with E-state index in [4.69, 9.17) is 4.74 Å². The van der Waals surface area contributed by atoms with Crippen LogP contribution in [-0.2, 0) is 4.74 Å². The van der Waals surface area contributed by atoms with Crippen LogP contribution in [0.4, 0.5) is 5.69 Å². The summed E-state index contributed by atoms with van der Waals surface area (Å²) in [5.41, 5.74) is 1.88. The molecule has 0 radical (unpaired) electrons. The Morgan fingerprint density at radius 2 is 1.95 bits per heavy atom. The lowest BCUT2D eigenvalue weighted by atomic mass is 10.1. The second-order valence-electron chi connectivity index (χ2n) is 5.96. The molecule has 1 aromatic carbocycles. The number of morpholine rings is 1. The van der Waals surface area contributed by atoms with Crippen LogP contribution in [0.3, 0.4) is 0 Å². The molecule has 0 aliphatic carbocycles. The number of hydrogen-bond donors (Lipinski definition) is 0. The minimum Gasteiger partial charge on any atom is -0.378 e. The largest absolute Gasteiger partial charge is 0.378 e. The maximum atomic E-state index is 12.6. The van der Waals surface area contributed by atoms with E-state index in [0.717, 1.165) is 50.6 Å². The summed E-state index contributed by atoms with van der Waals surface area (Å²) in [6.07, 6.45) is 0. The molecule has 2 aliphatic heterocycles. The molecular formula is C16H23N3O2. The van der Waals surface area contributed by atoms with Crippen LogP contribution in [0.25, 0.3) is 0 Å². The van der Waals surface area contributed by atoms with E-state index >= 15 is 0 Å². The number of anilines is 1. The topological polar surface area (TPSA) is 36.0 Å². The van der Waals surface area contributed by atoms with Gasteiger partial charge in [0, 0.05) is 51.5 Å². The van der Waals surface area contributed by atoms with E-state index < -0.39 is 0 Å².